The maximum absolute atomic E-state index is 12.9. The number of hydrogen-bond donors (Lipinski definition) is 3. The minimum Gasteiger partial charge on any atom is -0.506 e. The summed E-state index contributed by atoms with van der Waals surface area (Å²) in [7, 11) is 0. The summed E-state index contributed by atoms with van der Waals surface area (Å²) in [6.07, 6.45) is 3.18. The van der Waals surface area contributed by atoms with Crippen molar-refractivity contribution in [2.45, 2.75) is 19.8 Å². The Morgan fingerprint density at radius 1 is 1.37 bits per heavy atom. The minimum absolute atomic E-state index is 0.0499. The highest BCUT2D eigenvalue weighted by molar-refractivity contribution is 5.98. The molecular formula is C18H17N3O6. The van der Waals surface area contributed by atoms with Crippen LogP contribution in [0, 0.1) is 0 Å². The molecule has 3 rings (SSSR count). The van der Waals surface area contributed by atoms with Gasteiger partial charge in [-0.15, -0.1) is 0 Å². The second kappa shape index (κ2) is 7.42. The van der Waals surface area contributed by atoms with Crippen molar-refractivity contribution in [2.75, 3.05) is 6.54 Å². The Morgan fingerprint density at radius 3 is 2.78 bits per heavy atom. The second-order valence-corrected chi connectivity index (χ2v) is 5.90. The average Bonchev–Trinajstić information content (AvgIpc) is 3.14. The molecule has 3 heterocycles. The molecule has 2 aromatic rings. The van der Waals surface area contributed by atoms with Gasteiger partial charge in [0.2, 0.25) is 0 Å². The third-order valence-electron chi connectivity index (χ3n) is 4.17. The van der Waals surface area contributed by atoms with E-state index in [1.54, 1.807) is 24.4 Å². The van der Waals surface area contributed by atoms with Gasteiger partial charge in [0, 0.05) is 11.8 Å². The number of fused-ring (bicyclic) bond motifs is 1. The van der Waals surface area contributed by atoms with Crippen molar-refractivity contribution >= 4 is 18.0 Å². The van der Waals surface area contributed by atoms with E-state index in [1.807, 2.05) is 0 Å². The standard InChI is InChI=1S/C18H17N3O6/c1-2-11-4-3-10(5-19-11)7-21-13-9-27-8-12(13)16(24)15(18(21)26)17(25)20-6-14(22)23/h2-5,24H,1,6-9H2,(H,20,25)(H,22,23). The molecule has 1 amide bonds. The number of pyridine rings is 2. The smallest absolute Gasteiger partial charge is 0.322 e. The van der Waals surface area contributed by atoms with Gasteiger partial charge in [0.05, 0.1) is 31.1 Å². The van der Waals surface area contributed by atoms with Crippen molar-refractivity contribution in [3.63, 3.8) is 0 Å². The summed E-state index contributed by atoms with van der Waals surface area (Å²) in [5.74, 6) is -2.70. The first-order valence-corrected chi connectivity index (χ1v) is 8.05. The van der Waals surface area contributed by atoms with Crippen molar-refractivity contribution in [2.24, 2.45) is 0 Å². The van der Waals surface area contributed by atoms with Gasteiger partial charge in [-0.3, -0.25) is 19.4 Å². The average molecular weight is 371 g/mol. The van der Waals surface area contributed by atoms with Gasteiger partial charge in [-0.05, 0) is 17.7 Å². The van der Waals surface area contributed by atoms with Crippen LogP contribution in [0.25, 0.3) is 6.08 Å². The first-order chi connectivity index (χ1) is 12.9. The van der Waals surface area contributed by atoms with E-state index >= 15 is 0 Å². The summed E-state index contributed by atoms with van der Waals surface area (Å²) in [6, 6.07) is 3.51. The molecule has 140 valence electrons. The zero-order valence-corrected chi connectivity index (χ0v) is 14.3. The van der Waals surface area contributed by atoms with Crippen LogP contribution in [-0.2, 0) is 29.3 Å². The topological polar surface area (TPSA) is 131 Å². The van der Waals surface area contributed by atoms with Gasteiger partial charge in [0.15, 0.2) is 0 Å². The number of amides is 1. The molecular weight excluding hydrogens is 354 g/mol. The predicted molar refractivity (Wildman–Crippen MR) is 94.3 cm³/mol. The SMILES string of the molecule is C=Cc1ccc(Cn2c3c(c(O)c(C(=O)NCC(=O)O)c2=O)COC3)cn1. The number of carbonyl (C=O) groups is 2. The quantitative estimate of drug-likeness (QED) is 0.673. The molecule has 9 heteroatoms. The summed E-state index contributed by atoms with van der Waals surface area (Å²) < 4.78 is 6.66. The molecule has 0 aromatic carbocycles. The van der Waals surface area contributed by atoms with Crippen molar-refractivity contribution in [3.8, 4) is 5.75 Å². The van der Waals surface area contributed by atoms with Crippen LogP contribution in [0.15, 0.2) is 29.7 Å². The van der Waals surface area contributed by atoms with Gasteiger partial charge in [-0.1, -0.05) is 12.6 Å². The van der Waals surface area contributed by atoms with Crippen LogP contribution in [0.3, 0.4) is 0 Å². The Balaban J connectivity index is 2.05. The number of ether oxygens (including phenoxy) is 1. The van der Waals surface area contributed by atoms with E-state index < -0.39 is 35.3 Å². The maximum atomic E-state index is 12.9. The molecule has 9 nitrogen and oxygen atoms in total. The Labute approximate surface area is 153 Å². The maximum Gasteiger partial charge on any atom is 0.322 e. The van der Waals surface area contributed by atoms with E-state index in [9.17, 15) is 19.5 Å². The highest BCUT2D eigenvalue weighted by atomic mass is 16.5. The van der Waals surface area contributed by atoms with Crippen molar-refractivity contribution in [1.29, 1.82) is 0 Å². The Bertz CT molecular complexity index is 978. The number of hydrogen-bond acceptors (Lipinski definition) is 6. The number of aromatic nitrogens is 2. The van der Waals surface area contributed by atoms with Crippen LogP contribution < -0.4 is 10.9 Å². The van der Waals surface area contributed by atoms with Crippen molar-refractivity contribution < 1.29 is 24.5 Å². The molecule has 0 spiro atoms. The number of nitrogens with one attached hydrogen (secondary N) is 1. The molecule has 0 fully saturated rings. The van der Waals surface area contributed by atoms with Crippen LogP contribution in [0.1, 0.15) is 32.9 Å². The van der Waals surface area contributed by atoms with Gasteiger partial charge < -0.3 is 24.8 Å². The molecule has 27 heavy (non-hydrogen) atoms. The van der Waals surface area contributed by atoms with Gasteiger partial charge in [0.25, 0.3) is 11.5 Å². The summed E-state index contributed by atoms with van der Waals surface area (Å²) in [5, 5.41) is 21.2. The first-order valence-electron chi connectivity index (χ1n) is 8.05. The lowest BCUT2D eigenvalue weighted by Gasteiger charge is -2.15. The van der Waals surface area contributed by atoms with E-state index in [0.717, 1.165) is 0 Å². The predicted octanol–water partition coefficient (Wildman–Crippen LogP) is 0.485. The molecule has 0 bridgehead atoms. The van der Waals surface area contributed by atoms with E-state index in [4.69, 9.17) is 9.84 Å². The third-order valence-corrected chi connectivity index (χ3v) is 4.17. The normalized spacial score (nSPS) is 12.4. The molecule has 2 aromatic heterocycles. The van der Waals surface area contributed by atoms with Gasteiger partial charge >= 0.3 is 5.97 Å². The van der Waals surface area contributed by atoms with E-state index in [2.05, 4.69) is 16.9 Å². The molecule has 3 N–H and O–H groups in total. The second-order valence-electron chi connectivity index (χ2n) is 5.90. The molecule has 0 aliphatic carbocycles. The zero-order valence-electron chi connectivity index (χ0n) is 14.3. The molecule has 0 saturated heterocycles. The summed E-state index contributed by atoms with van der Waals surface area (Å²) >= 11 is 0. The van der Waals surface area contributed by atoms with Gasteiger partial charge in [-0.25, -0.2) is 0 Å². The minimum atomic E-state index is -1.26. The van der Waals surface area contributed by atoms with Crippen LogP contribution >= 0.6 is 0 Å². The van der Waals surface area contributed by atoms with E-state index in [0.29, 0.717) is 22.5 Å². The number of aromatic hydroxyl groups is 1. The Kier molecular flexibility index (Phi) is 5.04. The lowest BCUT2D eigenvalue weighted by molar-refractivity contribution is -0.135. The molecule has 0 atom stereocenters. The van der Waals surface area contributed by atoms with Crippen LogP contribution in [0.4, 0.5) is 0 Å². The number of nitrogens with zero attached hydrogens (tertiary/aromatic N) is 2. The fourth-order valence-electron chi connectivity index (χ4n) is 2.82. The highest BCUT2D eigenvalue weighted by Crippen LogP contribution is 2.30. The molecule has 1 aliphatic heterocycles. The third kappa shape index (κ3) is 3.58. The van der Waals surface area contributed by atoms with Crippen LogP contribution in [0.5, 0.6) is 5.75 Å². The number of carboxylic acids is 1. The monoisotopic (exact) mass is 371 g/mol. The van der Waals surface area contributed by atoms with Gasteiger partial charge in [-0.2, -0.15) is 0 Å². The lowest BCUT2D eigenvalue weighted by atomic mass is 10.1. The fraction of sp³-hybridized carbons (Fsp3) is 0.222. The first kappa shape index (κ1) is 18.3. The van der Waals surface area contributed by atoms with Gasteiger partial charge in [0.1, 0.15) is 17.9 Å². The molecule has 0 saturated carbocycles. The van der Waals surface area contributed by atoms with E-state index in [1.165, 1.54) is 4.57 Å². The number of carboxylic acid groups (broad SMARTS) is 1. The van der Waals surface area contributed by atoms with Crippen LogP contribution in [-0.4, -0.2) is 38.2 Å². The van der Waals surface area contributed by atoms with E-state index in [-0.39, 0.29) is 19.8 Å². The molecule has 0 unspecified atom stereocenters. The Morgan fingerprint density at radius 2 is 2.15 bits per heavy atom. The molecule has 1 aliphatic rings. The summed E-state index contributed by atoms with van der Waals surface area (Å²) in [6.45, 7) is 3.25. The number of carbonyl (C=O) groups excluding carboxylic acids is 1. The lowest BCUT2D eigenvalue weighted by Crippen LogP contribution is -2.37. The summed E-state index contributed by atoms with van der Waals surface area (Å²) in [5.41, 5.74) is 0.966. The van der Waals surface area contributed by atoms with Crippen molar-refractivity contribution in [3.05, 3.63) is 63.3 Å². The largest absolute Gasteiger partial charge is 0.506 e. The van der Waals surface area contributed by atoms with Crippen molar-refractivity contribution in [1.82, 2.24) is 14.9 Å². The molecule has 0 radical (unpaired) electrons. The number of aliphatic carboxylic acids is 1. The zero-order chi connectivity index (χ0) is 19.6. The Hall–Kier alpha value is -3.46. The van der Waals surface area contributed by atoms with Crippen LogP contribution in [0.2, 0.25) is 0 Å². The summed E-state index contributed by atoms with van der Waals surface area (Å²) in [4.78, 5) is 40.0. The fourth-order valence-corrected chi connectivity index (χ4v) is 2.82. The number of rotatable bonds is 6. The highest BCUT2D eigenvalue weighted by Gasteiger charge is 2.29.